The Morgan fingerprint density at radius 2 is 1.92 bits per heavy atom. The highest BCUT2D eigenvalue weighted by Gasteiger charge is 2.09. The molecular weight excluding hydrogens is 308 g/mol. The zero-order chi connectivity index (χ0) is 16.9. The summed E-state index contributed by atoms with van der Waals surface area (Å²) in [4.78, 5) is 12.0. The molecule has 3 rings (SSSR count). The van der Waals surface area contributed by atoms with Crippen LogP contribution in [0.15, 0.2) is 60.0 Å². The number of rotatable bonds is 4. The van der Waals surface area contributed by atoms with Gasteiger partial charge in [0.25, 0.3) is 5.91 Å². The lowest BCUT2D eigenvalue weighted by Gasteiger charge is -2.05. The minimum Gasteiger partial charge on any atom is -0.507 e. The molecule has 2 aromatic carbocycles. The van der Waals surface area contributed by atoms with Crippen LogP contribution in [0, 0.1) is 0 Å². The van der Waals surface area contributed by atoms with Crippen LogP contribution in [-0.4, -0.2) is 36.9 Å². The van der Waals surface area contributed by atoms with Crippen molar-refractivity contribution in [3.8, 4) is 11.4 Å². The number of carbonyl (C=O) groups excluding carboxylic acids is 1. The first-order valence-electron chi connectivity index (χ1n) is 7.11. The van der Waals surface area contributed by atoms with Crippen LogP contribution < -0.4 is 5.43 Å². The van der Waals surface area contributed by atoms with E-state index in [9.17, 15) is 9.90 Å². The second-order valence-corrected chi connectivity index (χ2v) is 4.96. The molecule has 0 atom stereocenters. The summed E-state index contributed by atoms with van der Waals surface area (Å²) in [6.45, 7) is 1.77. The van der Waals surface area contributed by atoms with E-state index in [-0.39, 0.29) is 11.3 Å². The Kier molecular flexibility index (Phi) is 4.28. The van der Waals surface area contributed by atoms with Crippen LogP contribution >= 0.6 is 0 Å². The average molecular weight is 322 g/mol. The number of nitrogens with zero attached hydrogens (tertiary/aromatic N) is 5. The smallest absolute Gasteiger partial charge is 0.275 e. The fourth-order valence-corrected chi connectivity index (χ4v) is 2.06. The molecule has 0 fully saturated rings. The molecule has 24 heavy (non-hydrogen) atoms. The first-order valence-corrected chi connectivity index (χ1v) is 7.11. The number of aromatic nitrogens is 4. The van der Waals surface area contributed by atoms with Gasteiger partial charge in [0.2, 0.25) is 0 Å². The van der Waals surface area contributed by atoms with Gasteiger partial charge in [0.15, 0.2) is 0 Å². The van der Waals surface area contributed by atoms with Crippen molar-refractivity contribution >= 4 is 11.6 Å². The fraction of sp³-hybridized carbons (Fsp3) is 0.0625. The number of tetrazole rings is 1. The van der Waals surface area contributed by atoms with E-state index >= 15 is 0 Å². The molecule has 0 aliphatic rings. The van der Waals surface area contributed by atoms with Gasteiger partial charge in [-0.05, 0) is 47.2 Å². The monoisotopic (exact) mass is 322 g/mol. The maximum Gasteiger partial charge on any atom is 0.275 e. The highest BCUT2D eigenvalue weighted by atomic mass is 16.3. The molecule has 0 radical (unpaired) electrons. The maximum atomic E-state index is 12.0. The van der Waals surface area contributed by atoms with Gasteiger partial charge in [-0.25, -0.2) is 10.1 Å². The summed E-state index contributed by atoms with van der Waals surface area (Å²) in [7, 11) is 0. The molecule has 0 spiro atoms. The van der Waals surface area contributed by atoms with E-state index in [1.54, 1.807) is 19.1 Å². The van der Waals surface area contributed by atoms with Crippen LogP contribution in [0.3, 0.4) is 0 Å². The maximum absolute atomic E-state index is 12.0. The molecule has 0 unspecified atom stereocenters. The van der Waals surface area contributed by atoms with Crippen LogP contribution in [0.5, 0.6) is 5.75 Å². The second kappa shape index (κ2) is 6.69. The van der Waals surface area contributed by atoms with E-state index in [2.05, 4.69) is 26.1 Å². The first-order chi connectivity index (χ1) is 11.6. The number of aromatic hydroxyl groups is 1. The van der Waals surface area contributed by atoms with Crippen LogP contribution in [0.25, 0.3) is 5.69 Å². The first kappa shape index (κ1) is 15.3. The second-order valence-electron chi connectivity index (χ2n) is 4.96. The van der Waals surface area contributed by atoms with E-state index in [4.69, 9.17) is 0 Å². The summed E-state index contributed by atoms with van der Waals surface area (Å²) in [5.74, 6) is -0.564. The van der Waals surface area contributed by atoms with Crippen molar-refractivity contribution in [2.75, 3.05) is 0 Å². The van der Waals surface area contributed by atoms with Gasteiger partial charge in [0.05, 0.1) is 17.0 Å². The molecule has 8 heteroatoms. The van der Waals surface area contributed by atoms with Crippen LogP contribution in [0.2, 0.25) is 0 Å². The number of amides is 1. The van der Waals surface area contributed by atoms with Crippen molar-refractivity contribution in [2.45, 2.75) is 6.92 Å². The van der Waals surface area contributed by atoms with E-state index in [1.165, 1.54) is 23.1 Å². The van der Waals surface area contributed by atoms with Gasteiger partial charge in [-0.3, -0.25) is 4.79 Å². The van der Waals surface area contributed by atoms with Crippen molar-refractivity contribution in [1.29, 1.82) is 0 Å². The molecule has 3 aromatic rings. The third kappa shape index (κ3) is 3.27. The molecule has 0 aliphatic carbocycles. The van der Waals surface area contributed by atoms with Crippen molar-refractivity contribution in [1.82, 2.24) is 25.6 Å². The van der Waals surface area contributed by atoms with Crippen molar-refractivity contribution in [3.63, 3.8) is 0 Å². The molecular formula is C16H14N6O2. The predicted octanol–water partition coefficient (Wildman–Crippen LogP) is 1.52. The summed E-state index contributed by atoms with van der Waals surface area (Å²) in [5.41, 5.74) is 4.88. The van der Waals surface area contributed by atoms with Gasteiger partial charge >= 0.3 is 0 Å². The standard InChI is InChI=1S/C16H14N6O2/c1-11(18-19-16(24)14-4-2-3-5-15(14)23)12-6-8-13(9-7-12)22-10-17-20-21-22/h2-10,23H,1H3,(H,19,24)/b18-11+. The Morgan fingerprint density at radius 1 is 1.17 bits per heavy atom. The van der Waals surface area contributed by atoms with Crippen LogP contribution in [-0.2, 0) is 0 Å². The zero-order valence-electron chi connectivity index (χ0n) is 12.8. The van der Waals surface area contributed by atoms with Gasteiger partial charge in [0, 0.05) is 0 Å². The molecule has 120 valence electrons. The minimum atomic E-state index is -0.474. The van der Waals surface area contributed by atoms with Gasteiger partial charge in [0.1, 0.15) is 12.1 Å². The van der Waals surface area contributed by atoms with E-state index in [1.807, 2.05) is 24.3 Å². The number of phenolic OH excluding ortho intramolecular Hbond substituents is 1. The molecule has 0 saturated carbocycles. The summed E-state index contributed by atoms with van der Waals surface area (Å²) in [6, 6.07) is 13.7. The summed E-state index contributed by atoms with van der Waals surface area (Å²) in [6.07, 6.45) is 1.50. The number of hydrazone groups is 1. The number of hydrogen-bond acceptors (Lipinski definition) is 6. The Hall–Kier alpha value is -3.55. The highest BCUT2D eigenvalue weighted by molar-refractivity contribution is 6.01. The third-order valence-corrected chi connectivity index (χ3v) is 3.37. The predicted molar refractivity (Wildman–Crippen MR) is 86.9 cm³/mol. The lowest BCUT2D eigenvalue weighted by Crippen LogP contribution is -2.19. The van der Waals surface area contributed by atoms with Crippen LogP contribution in [0.4, 0.5) is 0 Å². The SMILES string of the molecule is C/C(=N\NC(=O)c1ccccc1O)c1ccc(-n2cnnn2)cc1. The van der Waals surface area contributed by atoms with Crippen molar-refractivity contribution in [3.05, 3.63) is 66.0 Å². The zero-order valence-corrected chi connectivity index (χ0v) is 12.8. The van der Waals surface area contributed by atoms with E-state index in [0.29, 0.717) is 5.71 Å². The van der Waals surface area contributed by atoms with Gasteiger partial charge in [-0.2, -0.15) is 5.10 Å². The third-order valence-electron chi connectivity index (χ3n) is 3.37. The number of carbonyl (C=O) groups is 1. The van der Waals surface area contributed by atoms with Gasteiger partial charge in [-0.15, -0.1) is 5.10 Å². The Labute approximate surface area is 137 Å². The summed E-state index contributed by atoms with van der Waals surface area (Å²) < 4.78 is 1.54. The number of hydrogen-bond donors (Lipinski definition) is 2. The van der Waals surface area contributed by atoms with Gasteiger partial charge < -0.3 is 5.11 Å². The lowest BCUT2D eigenvalue weighted by atomic mass is 10.1. The lowest BCUT2D eigenvalue weighted by molar-refractivity contribution is 0.0952. The Balaban J connectivity index is 1.72. The Bertz CT molecular complexity index is 872. The molecule has 1 aromatic heterocycles. The van der Waals surface area contributed by atoms with Crippen LogP contribution in [0.1, 0.15) is 22.8 Å². The number of nitrogens with one attached hydrogen (secondary N) is 1. The molecule has 1 amide bonds. The highest BCUT2D eigenvalue weighted by Crippen LogP contribution is 2.15. The fourth-order valence-electron chi connectivity index (χ4n) is 2.06. The number of para-hydroxylation sites is 1. The Morgan fingerprint density at radius 3 is 2.58 bits per heavy atom. The normalized spacial score (nSPS) is 11.3. The average Bonchev–Trinajstić information content (AvgIpc) is 3.14. The number of phenols is 1. The van der Waals surface area contributed by atoms with Crippen molar-refractivity contribution in [2.24, 2.45) is 5.10 Å². The van der Waals surface area contributed by atoms with Gasteiger partial charge in [-0.1, -0.05) is 24.3 Å². The quantitative estimate of drug-likeness (QED) is 0.559. The van der Waals surface area contributed by atoms with Crippen molar-refractivity contribution < 1.29 is 9.90 Å². The molecule has 1 heterocycles. The molecule has 0 bridgehead atoms. The van der Waals surface area contributed by atoms with E-state index in [0.717, 1.165) is 11.3 Å². The summed E-state index contributed by atoms with van der Waals surface area (Å²) >= 11 is 0. The topological polar surface area (TPSA) is 105 Å². The molecule has 2 N–H and O–H groups in total. The largest absolute Gasteiger partial charge is 0.507 e. The number of benzene rings is 2. The molecule has 0 aliphatic heterocycles. The molecule has 8 nitrogen and oxygen atoms in total. The van der Waals surface area contributed by atoms with E-state index < -0.39 is 5.91 Å². The summed E-state index contributed by atoms with van der Waals surface area (Å²) in [5, 5.41) is 24.7. The minimum absolute atomic E-state index is 0.0892. The molecule has 0 saturated heterocycles.